The number of benzene rings is 3. The zero-order valence-corrected chi connectivity index (χ0v) is 20.5. The van der Waals surface area contributed by atoms with Crippen LogP contribution in [0.15, 0.2) is 72.8 Å². The summed E-state index contributed by atoms with van der Waals surface area (Å²) in [6.07, 6.45) is -0.307. The van der Waals surface area contributed by atoms with E-state index < -0.39 is 0 Å². The summed E-state index contributed by atoms with van der Waals surface area (Å²) in [5.41, 5.74) is 3.36. The number of hydrogen-bond donors (Lipinski definition) is 1. The summed E-state index contributed by atoms with van der Waals surface area (Å²) in [7, 11) is 4.94. The normalized spacial score (nSPS) is 11.9. The standard InChI is InChI=1S/C28H35NO5/c1-5-33-24-13-9-12-22(16-24)25(18-29-19-28(31-3)32-4)23-14-15-26(27(17-23)30-2)34-20-21-10-7-6-8-11-21/h6-17,25,28-29H,5,18-20H2,1-4H3. The van der Waals surface area contributed by atoms with Crippen LogP contribution in [0.25, 0.3) is 0 Å². The van der Waals surface area contributed by atoms with Gasteiger partial charge in [-0.2, -0.15) is 0 Å². The summed E-state index contributed by atoms with van der Waals surface area (Å²) in [4.78, 5) is 0. The minimum atomic E-state index is -0.307. The first-order valence-electron chi connectivity index (χ1n) is 11.5. The van der Waals surface area contributed by atoms with Gasteiger partial charge in [0.1, 0.15) is 12.4 Å². The minimum Gasteiger partial charge on any atom is -0.494 e. The summed E-state index contributed by atoms with van der Waals surface area (Å²) < 4.78 is 28.1. The van der Waals surface area contributed by atoms with E-state index in [9.17, 15) is 0 Å². The molecule has 0 aliphatic carbocycles. The molecule has 0 heterocycles. The van der Waals surface area contributed by atoms with Crippen LogP contribution >= 0.6 is 0 Å². The Kier molecular flexibility index (Phi) is 10.2. The van der Waals surface area contributed by atoms with Gasteiger partial charge in [-0.15, -0.1) is 0 Å². The molecule has 1 unspecified atom stereocenters. The van der Waals surface area contributed by atoms with E-state index in [1.54, 1.807) is 21.3 Å². The van der Waals surface area contributed by atoms with Gasteiger partial charge < -0.3 is 29.0 Å². The molecule has 1 N–H and O–H groups in total. The number of nitrogens with one attached hydrogen (secondary N) is 1. The Morgan fingerprint density at radius 3 is 2.21 bits per heavy atom. The van der Waals surface area contributed by atoms with Crippen molar-refractivity contribution in [1.29, 1.82) is 0 Å². The van der Waals surface area contributed by atoms with Gasteiger partial charge in [-0.3, -0.25) is 0 Å². The third kappa shape index (κ3) is 7.22. The van der Waals surface area contributed by atoms with Crippen molar-refractivity contribution >= 4 is 0 Å². The van der Waals surface area contributed by atoms with Crippen LogP contribution in [0.5, 0.6) is 17.2 Å². The van der Waals surface area contributed by atoms with Gasteiger partial charge in [0.15, 0.2) is 17.8 Å². The molecule has 0 aliphatic heterocycles. The monoisotopic (exact) mass is 465 g/mol. The Morgan fingerprint density at radius 1 is 0.735 bits per heavy atom. The van der Waals surface area contributed by atoms with E-state index >= 15 is 0 Å². The largest absolute Gasteiger partial charge is 0.494 e. The molecule has 3 rings (SSSR count). The quantitative estimate of drug-likeness (QED) is 0.338. The lowest BCUT2D eigenvalue weighted by Crippen LogP contribution is -2.32. The molecule has 34 heavy (non-hydrogen) atoms. The van der Waals surface area contributed by atoms with Crippen LogP contribution in [-0.2, 0) is 16.1 Å². The van der Waals surface area contributed by atoms with Crippen LogP contribution in [0.2, 0.25) is 0 Å². The number of hydrogen-bond acceptors (Lipinski definition) is 6. The Labute approximate surface area is 202 Å². The Bertz CT molecular complexity index is 991. The highest BCUT2D eigenvalue weighted by Crippen LogP contribution is 2.34. The molecule has 3 aromatic rings. The zero-order valence-electron chi connectivity index (χ0n) is 20.5. The first-order valence-corrected chi connectivity index (χ1v) is 11.5. The highest BCUT2D eigenvalue weighted by atomic mass is 16.7. The van der Waals surface area contributed by atoms with Crippen molar-refractivity contribution in [2.45, 2.75) is 25.7 Å². The lowest BCUT2D eigenvalue weighted by molar-refractivity contribution is -0.0987. The molecular weight excluding hydrogens is 430 g/mol. The van der Waals surface area contributed by atoms with Crippen molar-refractivity contribution in [2.75, 3.05) is 41.0 Å². The maximum atomic E-state index is 6.05. The maximum Gasteiger partial charge on any atom is 0.169 e. The number of ether oxygens (including phenoxy) is 5. The van der Waals surface area contributed by atoms with E-state index in [2.05, 4.69) is 23.5 Å². The van der Waals surface area contributed by atoms with Crippen molar-refractivity contribution < 1.29 is 23.7 Å². The lowest BCUT2D eigenvalue weighted by Gasteiger charge is -2.22. The number of rotatable bonds is 14. The van der Waals surface area contributed by atoms with Gasteiger partial charge in [0.25, 0.3) is 0 Å². The fourth-order valence-corrected chi connectivity index (χ4v) is 3.78. The van der Waals surface area contributed by atoms with Gasteiger partial charge in [-0.25, -0.2) is 0 Å². The molecule has 0 fully saturated rings. The predicted molar refractivity (Wildman–Crippen MR) is 134 cm³/mol. The van der Waals surface area contributed by atoms with Crippen molar-refractivity contribution in [1.82, 2.24) is 5.32 Å². The molecule has 1 atom stereocenters. The summed E-state index contributed by atoms with van der Waals surface area (Å²) in [6.45, 7) is 4.35. The van der Waals surface area contributed by atoms with Gasteiger partial charge >= 0.3 is 0 Å². The van der Waals surface area contributed by atoms with Crippen LogP contribution in [-0.4, -0.2) is 47.3 Å². The van der Waals surface area contributed by atoms with Crippen LogP contribution in [0, 0.1) is 0 Å². The molecule has 6 heteroatoms. The van der Waals surface area contributed by atoms with Gasteiger partial charge in [0.05, 0.1) is 13.7 Å². The fraction of sp³-hybridized carbons (Fsp3) is 0.357. The Hall–Kier alpha value is -3.06. The SMILES string of the molecule is CCOc1cccc(C(CNCC(OC)OC)c2ccc(OCc3ccccc3)c(OC)c2)c1. The summed E-state index contributed by atoms with van der Waals surface area (Å²) in [5.74, 6) is 2.33. The predicted octanol–water partition coefficient (Wildman–Crippen LogP) is 5.01. The van der Waals surface area contributed by atoms with Gasteiger partial charge in [-0.1, -0.05) is 48.5 Å². The van der Waals surface area contributed by atoms with Crippen LogP contribution in [0.4, 0.5) is 0 Å². The molecule has 0 saturated carbocycles. The zero-order chi connectivity index (χ0) is 24.2. The lowest BCUT2D eigenvalue weighted by atomic mass is 9.90. The highest BCUT2D eigenvalue weighted by molar-refractivity contribution is 5.47. The van der Waals surface area contributed by atoms with Crippen LogP contribution < -0.4 is 19.5 Å². The molecule has 0 spiro atoms. The van der Waals surface area contributed by atoms with Gasteiger partial charge in [0.2, 0.25) is 0 Å². The Morgan fingerprint density at radius 2 is 1.50 bits per heavy atom. The van der Waals surface area contributed by atoms with Crippen molar-refractivity contribution in [3.8, 4) is 17.2 Å². The molecule has 0 aliphatic rings. The van der Waals surface area contributed by atoms with E-state index in [4.69, 9.17) is 23.7 Å². The van der Waals surface area contributed by atoms with Crippen molar-refractivity contribution in [3.63, 3.8) is 0 Å². The molecular formula is C28H35NO5. The average Bonchev–Trinajstić information content (AvgIpc) is 2.88. The van der Waals surface area contributed by atoms with E-state index in [1.807, 2.05) is 61.5 Å². The van der Waals surface area contributed by atoms with E-state index in [0.717, 1.165) is 22.4 Å². The van der Waals surface area contributed by atoms with Gasteiger partial charge in [-0.05, 0) is 47.9 Å². The molecule has 0 amide bonds. The smallest absolute Gasteiger partial charge is 0.169 e. The maximum absolute atomic E-state index is 6.05. The average molecular weight is 466 g/mol. The molecule has 3 aromatic carbocycles. The first kappa shape index (κ1) is 25.6. The van der Waals surface area contributed by atoms with Crippen molar-refractivity contribution in [3.05, 3.63) is 89.5 Å². The van der Waals surface area contributed by atoms with Gasteiger partial charge in [0, 0.05) is 33.2 Å². The third-order valence-electron chi connectivity index (χ3n) is 5.58. The topological polar surface area (TPSA) is 58.2 Å². The molecule has 0 bridgehead atoms. The summed E-state index contributed by atoms with van der Waals surface area (Å²) >= 11 is 0. The minimum absolute atomic E-state index is 0.0619. The summed E-state index contributed by atoms with van der Waals surface area (Å²) in [5, 5.41) is 3.47. The molecule has 182 valence electrons. The van der Waals surface area contributed by atoms with Crippen molar-refractivity contribution in [2.24, 2.45) is 0 Å². The molecule has 0 aromatic heterocycles. The van der Waals surface area contributed by atoms with E-state index in [0.29, 0.717) is 37.8 Å². The fourth-order valence-electron chi connectivity index (χ4n) is 3.78. The van der Waals surface area contributed by atoms with E-state index in [-0.39, 0.29) is 12.2 Å². The second-order valence-corrected chi connectivity index (χ2v) is 7.80. The first-order chi connectivity index (χ1) is 16.7. The second-order valence-electron chi connectivity index (χ2n) is 7.80. The third-order valence-corrected chi connectivity index (χ3v) is 5.58. The summed E-state index contributed by atoms with van der Waals surface area (Å²) in [6, 6.07) is 24.4. The molecule has 0 saturated heterocycles. The molecule has 0 radical (unpaired) electrons. The Balaban J connectivity index is 1.84. The van der Waals surface area contributed by atoms with Crippen LogP contribution in [0.3, 0.4) is 0 Å². The van der Waals surface area contributed by atoms with E-state index in [1.165, 1.54) is 0 Å². The number of methoxy groups -OCH3 is 3. The second kappa shape index (κ2) is 13.6. The highest BCUT2D eigenvalue weighted by Gasteiger charge is 2.18. The van der Waals surface area contributed by atoms with Crippen LogP contribution in [0.1, 0.15) is 29.5 Å². The molecule has 6 nitrogen and oxygen atoms in total.